The largest absolute Gasteiger partial charge is 0.463 e. The third-order valence-electron chi connectivity index (χ3n) is 3.31. The minimum absolute atomic E-state index is 0.0255. The number of carbonyl (C=O) groups excluding carboxylic acids is 1. The average molecular weight is 301 g/mol. The molecule has 2 heterocycles. The molecule has 0 spiro atoms. The first kappa shape index (κ1) is 15.0. The Morgan fingerprint density at radius 2 is 2.05 bits per heavy atom. The van der Waals surface area contributed by atoms with Crippen molar-refractivity contribution in [1.29, 1.82) is 0 Å². The SMILES string of the molecule is COC(=O)c1oc(C2CCS(=O)(=O)C2)nc1C(C)(C)C. The van der Waals surface area contributed by atoms with Crippen LogP contribution < -0.4 is 0 Å². The van der Waals surface area contributed by atoms with Gasteiger partial charge in [-0.15, -0.1) is 0 Å². The maximum absolute atomic E-state index is 11.8. The zero-order chi connectivity index (χ0) is 15.1. The van der Waals surface area contributed by atoms with Crippen LogP contribution in [0.4, 0.5) is 0 Å². The number of aromatic nitrogens is 1. The van der Waals surface area contributed by atoms with Crippen molar-refractivity contribution in [2.24, 2.45) is 0 Å². The maximum atomic E-state index is 11.8. The first-order chi connectivity index (χ1) is 9.14. The second-order valence-electron chi connectivity index (χ2n) is 6.07. The number of methoxy groups -OCH3 is 1. The Morgan fingerprint density at radius 1 is 1.40 bits per heavy atom. The van der Waals surface area contributed by atoms with Crippen LogP contribution in [-0.2, 0) is 20.0 Å². The summed E-state index contributed by atoms with van der Waals surface area (Å²) < 4.78 is 33.3. The van der Waals surface area contributed by atoms with Crippen molar-refractivity contribution in [2.45, 2.75) is 38.5 Å². The maximum Gasteiger partial charge on any atom is 0.376 e. The van der Waals surface area contributed by atoms with E-state index in [1.807, 2.05) is 20.8 Å². The van der Waals surface area contributed by atoms with Crippen molar-refractivity contribution in [3.05, 3.63) is 17.3 Å². The molecule has 1 unspecified atom stereocenters. The Kier molecular flexibility index (Phi) is 3.66. The Bertz CT molecular complexity index is 624. The van der Waals surface area contributed by atoms with Crippen LogP contribution >= 0.6 is 0 Å². The third kappa shape index (κ3) is 2.87. The van der Waals surface area contributed by atoms with E-state index in [9.17, 15) is 13.2 Å². The van der Waals surface area contributed by atoms with E-state index in [2.05, 4.69) is 4.98 Å². The molecular formula is C13H19NO5S. The van der Waals surface area contributed by atoms with Gasteiger partial charge in [0.2, 0.25) is 5.76 Å². The molecule has 1 aromatic heterocycles. The molecule has 0 radical (unpaired) electrons. The number of esters is 1. The number of oxazole rings is 1. The summed E-state index contributed by atoms with van der Waals surface area (Å²) in [5.41, 5.74) is 0.117. The standard InChI is InChI=1S/C13H19NO5S/c1-13(2,3)10-9(12(15)18-4)19-11(14-10)8-5-6-20(16,17)7-8/h8H,5-7H2,1-4H3. The quantitative estimate of drug-likeness (QED) is 0.772. The molecule has 0 N–H and O–H groups in total. The molecule has 20 heavy (non-hydrogen) atoms. The lowest BCUT2D eigenvalue weighted by molar-refractivity contribution is 0.0559. The van der Waals surface area contributed by atoms with Gasteiger partial charge in [-0.2, -0.15) is 0 Å². The smallest absolute Gasteiger partial charge is 0.376 e. The molecule has 2 rings (SSSR count). The molecule has 112 valence electrons. The molecule has 1 aliphatic rings. The predicted octanol–water partition coefficient (Wildman–Crippen LogP) is 1.66. The summed E-state index contributed by atoms with van der Waals surface area (Å²) in [6.07, 6.45) is 0.479. The Morgan fingerprint density at radius 3 is 2.50 bits per heavy atom. The van der Waals surface area contributed by atoms with Crippen molar-refractivity contribution in [1.82, 2.24) is 4.98 Å². The van der Waals surface area contributed by atoms with E-state index >= 15 is 0 Å². The zero-order valence-electron chi connectivity index (χ0n) is 12.1. The number of nitrogens with zero attached hydrogens (tertiary/aromatic N) is 1. The van der Waals surface area contributed by atoms with Gasteiger partial charge in [0.25, 0.3) is 0 Å². The Balaban J connectivity index is 2.42. The predicted molar refractivity (Wildman–Crippen MR) is 72.6 cm³/mol. The van der Waals surface area contributed by atoms with Gasteiger partial charge in [-0.3, -0.25) is 0 Å². The van der Waals surface area contributed by atoms with Crippen molar-refractivity contribution in [3.63, 3.8) is 0 Å². The van der Waals surface area contributed by atoms with Gasteiger partial charge < -0.3 is 9.15 Å². The molecule has 0 bridgehead atoms. The minimum atomic E-state index is -3.02. The fourth-order valence-electron chi connectivity index (χ4n) is 2.24. The molecular weight excluding hydrogens is 282 g/mol. The lowest BCUT2D eigenvalue weighted by Gasteiger charge is -2.15. The number of carbonyl (C=O) groups is 1. The molecule has 6 nitrogen and oxygen atoms in total. The van der Waals surface area contributed by atoms with Crippen LogP contribution in [0.1, 0.15) is 55.2 Å². The van der Waals surface area contributed by atoms with Crippen LogP contribution in [0.15, 0.2) is 4.42 Å². The summed E-state index contributed by atoms with van der Waals surface area (Å²) in [5.74, 6) is -0.319. The van der Waals surface area contributed by atoms with Gasteiger partial charge in [-0.1, -0.05) is 20.8 Å². The lowest BCUT2D eigenvalue weighted by Crippen LogP contribution is -2.17. The molecule has 1 fully saturated rings. The van der Waals surface area contributed by atoms with Crippen LogP contribution in [0.3, 0.4) is 0 Å². The van der Waals surface area contributed by atoms with Crippen LogP contribution in [0.2, 0.25) is 0 Å². The first-order valence-corrected chi connectivity index (χ1v) is 8.26. The van der Waals surface area contributed by atoms with E-state index in [0.29, 0.717) is 18.0 Å². The highest BCUT2D eigenvalue weighted by molar-refractivity contribution is 7.91. The van der Waals surface area contributed by atoms with Crippen molar-refractivity contribution in [3.8, 4) is 0 Å². The molecule has 0 amide bonds. The van der Waals surface area contributed by atoms with Gasteiger partial charge >= 0.3 is 5.97 Å². The van der Waals surface area contributed by atoms with E-state index < -0.39 is 15.8 Å². The molecule has 0 aromatic carbocycles. The van der Waals surface area contributed by atoms with Crippen LogP contribution in [-0.4, -0.2) is 38.0 Å². The molecule has 7 heteroatoms. The summed E-state index contributed by atoms with van der Waals surface area (Å²) in [6.45, 7) is 5.73. The summed E-state index contributed by atoms with van der Waals surface area (Å²) in [6, 6.07) is 0. The van der Waals surface area contributed by atoms with E-state index in [1.54, 1.807) is 0 Å². The molecule has 1 saturated heterocycles. The zero-order valence-corrected chi connectivity index (χ0v) is 12.9. The highest BCUT2D eigenvalue weighted by Crippen LogP contribution is 2.33. The third-order valence-corrected chi connectivity index (χ3v) is 5.07. The number of sulfone groups is 1. The van der Waals surface area contributed by atoms with Crippen LogP contribution in [0.5, 0.6) is 0 Å². The van der Waals surface area contributed by atoms with Gasteiger partial charge in [0.05, 0.1) is 30.2 Å². The fourth-order valence-corrected chi connectivity index (χ4v) is 3.97. The van der Waals surface area contributed by atoms with Crippen molar-refractivity contribution >= 4 is 15.8 Å². The Hall–Kier alpha value is -1.37. The normalized spacial score (nSPS) is 21.9. The number of hydrogen-bond acceptors (Lipinski definition) is 6. The highest BCUT2D eigenvalue weighted by atomic mass is 32.2. The number of ether oxygens (including phenoxy) is 1. The molecule has 0 saturated carbocycles. The number of rotatable bonds is 2. The van der Waals surface area contributed by atoms with Crippen molar-refractivity contribution in [2.75, 3.05) is 18.6 Å². The summed E-state index contributed by atoms with van der Waals surface area (Å²) in [5, 5.41) is 0. The summed E-state index contributed by atoms with van der Waals surface area (Å²) >= 11 is 0. The van der Waals surface area contributed by atoms with Crippen molar-refractivity contribution < 1.29 is 22.4 Å². The summed E-state index contributed by atoms with van der Waals surface area (Å²) in [4.78, 5) is 16.1. The molecule has 1 atom stereocenters. The summed E-state index contributed by atoms with van der Waals surface area (Å²) in [7, 11) is -1.75. The molecule has 1 aliphatic heterocycles. The average Bonchev–Trinajstić information content (AvgIpc) is 2.90. The van der Waals surface area contributed by atoms with E-state index in [-0.39, 0.29) is 28.6 Å². The van der Waals surface area contributed by atoms with Gasteiger partial charge in [0.15, 0.2) is 15.7 Å². The van der Waals surface area contributed by atoms with E-state index in [4.69, 9.17) is 9.15 Å². The van der Waals surface area contributed by atoms with E-state index in [0.717, 1.165) is 0 Å². The topological polar surface area (TPSA) is 86.5 Å². The second-order valence-corrected chi connectivity index (χ2v) is 8.30. The first-order valence-electron chi connectivity index (χ1n) is 6.44. The van der Waals surface area contributed by atoms with Gasteiger partial charge in [0, 0.05) is 5.41 Å². The van der Waals surface area contributed by atoms with Crippen LogP contribution in [0, 0.1) is 0 Å². The highest BCUT2D eigenvalue weighted by Gasteiger charge is 2.36. The fraction of sp³-hybridized carbons (Fsp3) is 0.692. The second kappa shape index (κ2) is 4.87. The molecule has 0 aliphatic carbocycles. The van der Waals surface area contributed by atoms with Gasteiger partial charge in [-0.05, 0) is 6.42 Å². The van der Waals surface area contributed by atoms with E-state index in [1.165, 1.54) is 7.11 Å². The van der Waals surface area contributed by atoms with Gasteiger partial charge in [-0.25, -0.2) is 18.2 Å². The number of hydrogen-bond donors (Lipinski definition) is 0. The molecule has 1 aromatic rings. The monoisotopic (exact) mass is 301 g/mol. The lowest BCUT2D eigenvalue weighted by atomic mass is 9.91. The van der Waals surface area contributed by atoms with Crippen LogP contribution in [0.25, 0.3) is 0 Å². The Labute approximate surface area is 118 Å². The minimum Gasteiger partial charge on any atom is -0.463 e. The van der Waals surface area contributed by atoms with Gasteiger partial charge in [0.1, 0.15) is 0 Å².